The maximum absolute atomic E-state index is 11.3. The zero-order valence-electron chi connectivity index (χ0n) is 8.99. The topological polar surface area (TPSA) is 65.7 Å². The Hall–Kier alpha value is -1.05. The summed E-state index contributed by atoms with van der Waals surface area (Å²) in [4.78, 5) is 21.9. The first kappa shape index (κ1) is 13.4. The van der Waals surface area contributed by atoms with Gasteiger partial charge in [-0.15, -0.1) is 0 Å². The SMILES string of the molecule is CCOC(=O)Oc1c(Cl)cc2oc(=O)sc2c1Br. The van der Waals surface area contributed by atoms with Crippen molar-refractivity contribution >= 4 is 55.3 Å². The molecule has 0 aliphatic heterocycles. The van der Waals surface area contributed by atoms with E-state index in [9.17, 15) is 9.59 Å². The summed E-state index contributed by atoms with van der Waals surface area (Å²) >= 11 is 10.0. The number of hydrogen-bond acceptors (Lipinski definition) is 6. The van der Waals surface area contributed by atoms with E-state index in [-0.39, 0.29) is 17.4 Å². The molecule has 0 spiro atoms. The molecule has 2 aromatic rings. The lowest BCUT2D eigenvalue weighted by Crippen LogP contribution is -2.10. The highest BCUT2D eigenvalue weighted by Crippen LogP contribution is 2.40. The molecule has 5 nitrogen and oxygen atoms in total. The Morgan fingerprint density at radius 2 is 2.33 bits per heavy atom. The van der Waals surface area contributed by atoms with Crippen LogP contribution in [0.5, 0.6) is 5.75 Å². The lowest BCUT2D eigenvalue weighted by atomic mass is 10.3. The second-order valence-electron chi connectivity index (χ2n) is 3.07. The van der Waals surface area contributed by atoms with Gasteiger partial charge in [-0.1, -0.05) is 22.9 Å². The lowest BCUT2D eigenvalue weighted by Gasteiger charge is -2.07. The molecule has 0 saturated heterocycles. The third-order valence-electron chi connectivity index (χ3n) is 1.92. The molecule has 0 N–H and O–H groups in total. The summed E-state index contributed by atoms with van der Waals surface area (Å²) in [6.45, 7) is 1.85. The van der Waals surface area contributed by atoms with E-state index >= 15 is 0 Å². The van der Waals surface area contributed by atoms with Gasteiger partial charge in [0, 0.05) is 6.07 Å². The van der Waals surface area contributed by atoms with E-state index in [2.05, 4.69) is 20.7 Å². The molecule has 0 aliphatic rings. The van der Waals surface area contributed by atoms with Crippen LogP contribution >= 0.6 is 38.9 Å². The molecule has 0 bridgehead atoms. The van der Waals surface area contributed by atoms with Crippen molar-refractivity contribution in [3.05, 3.63) is 25.3 Å². The summed E-state index contributed by atoms with van der Waals surface area (Å²) in [5.74, 6) is 0.0969. The van der Waals surface area contributed by atoms with Gasteiger partial charge in [0.2, 0.25) is 0 Å². The fourth-order valence-corrected chi connectivity index (χ4v) is 3.01. The lowest BCUT2D eigenvalue weighted by molar-refractivity contribution is 0.104. The molecular formula is C10H6BrClO5S. The van der Waals surface area contributed by atoms with Gasteiger partial charge in [0.25, 0.3) is 0 Å². The first-order chi connectivity index (χ1) is 8.52. The third-order valence-corrected chi connectivity index (χ3v) is 4.08. The van der Waals surface area contributed by atoms with Crippen LogP contribution in [-0.4, -0.2) is 12.8 Å². The van der Waals surface area contributed by atoms with E-state index in [4.69, 9.17) is 20.8 Å². The predicted octanol–water partition coefficient (Wildman–Crippen LogP) is 3.81. The van der Waals surface area contributed by atoms with Crippen LogP contribution in [0, 0.1) is 0 Å². The number of carbonyl (C=O) groups excluding carboxylic acids is 1. The maximum Gasteiger partial charge on any atom is 0.513 e. The van der Waals surface area contributed by atoms with Crippen LogP contribution < -0.4 is 9.68 Å². The van der Waals surface area contributed by atoms with Gasteiger partial charge in [0.05, 0.1) is 20.8 Å². The molecule has 2 rings (SSSR count). The number of rotatable bonds is 2. The predicted molar refractivity (Wildman–Crippen MR) is 70.7 cm³/mol. The zero-order valence-corrected chi connectivity index (χ0v) is 12.1. The van der Waals surface area contributed by atoms with Crippen LogP contribution in [-0.2, 0) is 4.74 Å². The Morgan fingerprint density at radius 3 is 3.00 bits per heavy atom. The summed E-state index contributed by atoms with van der Waals surface area (Å²) in [7, 11) is 0. The Kier molecular flexibility index (Phi) is 3.94. The average Bonchev–Trinajstić information content (AvgIpc) is 2.65. The number of fused-ring (bicyclic) bond motifs is 1. The number of benzene rings is 1. The minimum Gasteiger partial charge on any atom is -0.434 e. The number of carbonyl (C=O) groups is 1. The number of ether oxygens (including phenoxy) is 2. The molecule has 0 saturated carbocycles. The van der Waals surface area contributed by atoms with E-state index in [1.165, 1.54) is 6.07 Å². The fourth-order valence-electron chi connectivity index (χ4n) is 1.25. The number of hydrogen-bond donors (Lipinski definition) is 0. The summed E-state index contributed by atoms with van der Waals surface area (Å²) < 4.78 is 15.4. The normalized spacial score (nSPS) is 10.6. The van der Waals surface area contributed by atoms with E-state index in [1.807, 2.05) is 0 Å². The summed E-state index contributed by atoms with van der Waals surface area (Å²) in [5.41, 5.74) is 0.332. The van der Waals surface area contributed by atoms with Gasteiger partial charge in [-0.05, 0) is 22.9 Å². The van der Waals surface area contributed by atoms with Gasteiger partial charge >= 0.3 is 11.1 Å². The summed E-state index contributed by atoms with van der Waals surface area (Å²) in [6, 6.07) is 1.41. The monoisotopic (exact) mass is 352 g/mol. The van der Waals surface area contributed by atoms with Gasteiger partial charge in [-0.25, -0.2) is 9.59 Å². The van der Waals surface area contributed by atoms with E-state index in [0.29, 0.717) is 14.8 Å². The summed E-state index contributed by atoms with van der Waals surface area (Å²) in [6.07, 6.45) is -0.865. The van der Waals surface area contributed by atoms with Gasteiger partial charge in [0.1, 0.15) is 0 Å². The van der Waals surface area contributed by atoms with Crippen LogP contribution in [0.4, 0.5) is 4.79 Å². The molecule has 0 radical (unpaired) electrons. The van der Waals surface area contributed by atoms with Crippen LogP contribution in [0.25, 0.3) is 10.3 Å². The molecule has 0 amide bonds. The van der Waals surface area contributed by atoms with Gasteiger partial charge in [-0.3, -0.25) is 0 Å². The van der Waals surface area contributed by atoms with Crippen molar-refractivity contribution in [1.29, 1.82) is 0 Å². The Balaban J connectivity index is 2.50. The van der Waals surface area contributed by atoms with Crippen molar-refractivity contribution in [1.82, 2.24) is 0 Å². The van der Waals surface area contributed by atoms with Gasteiger partial charge in [-0.2, -0.15) is 0 Å². The van der Waals surface area contributed by atoms with Gasteiger partial charge in [0.15, 0.2) is 11.3 Å². The van der Waals surface area contributed by atoms with Crippen molar-refractivity contribution in [2.24, 2.45) is 0 Å². The molecule has 1 aromatic carbocycles. The van der Waals surface area contributed by atoms with Crippen LogP contribution in [0.15, 0.2) is 19.8 Å². The maximum atomic E-state index is 11.3. The second kappa shape index (κ2) is 5.29. The van der Waals surface area contributed by atoms with Crippen molar-refractivity contribution in [2.45, 2.75) is 6.92 Å². The third kappa shape index (κ3) is 2.52. The highest BCUT2D eigenvalue weighted by atomic mass is 79.9. The molecule has 0 aliphatic carbocycles. The molecular weight excluding hydrogens is 348 g/mol. The smallest absolute Gasteiger partial charge is 0.434 e. The zero-order chi connectivity index (χ0) is 13.3. The highest BCUT2D eigenvalue weighted by Gasteiger charge is 2.19. The highest BCUT2D eigenvalue weighted by molar-refractivity contribution is 9.10. The molecule has 18 heavy (non-hydrogen) atoms. The molecule has 96 valence electrons. The Bertz CT molecular complexity index is 662. The first-order valence-corrected chi connectivity index (χ1v) is 6.78. The van der Waals surface area contributed by atoms with E-state index in [1.54, 1.807) is 6.92 Å². The van der Waals surface area contributed by atoms with Crippen LogP contribution in [0.2, 0.25) is 5.02 Å². The van der Waals surface area contributed by atoms with Crippen molar-refractivity contribution < 1.29 is 18.7 Å². The van der Waals surface area contributed by atoms with E-state index in [0.717, 1.165) is 11.3 Å². The summed E-state index contributed by atoms with van der Waals surface area (Å²) in [5, 5.41) is 0.143. The molecule has 0 fully saturated rings. The largest absolute Gasteiger partial charge is 0.513 e. The second-order valence-corrected chi connectivity index (χ2v) is 5.21. The molecule has 1 aromatic heterocycles. The molecule has 0 unspecified atom stereocenters. The average molecular weight is 354 g/mol. The van der Waals surface area contributed by atoms with E-state index < -0.39 is 11.1 Å². The van der Waals surface area contributed by atoms with Crippen molar-refractivity contribution in [3.8, 4) is 5.75 Å². The fraction of sp³-hybridized carbons (Fsp3) is 0.200. The molecule has 0 atom stereocenters. The minimum absolute atomic E-state index is 0.0969. The Morgan fingerprint density at radius 1 is 1.61 bits per heavy atom. The van der Waals surface area contributed by atoms with Crippen LogP contribution in [0.3, 0.4) is 0 Å². The van der Waals surface area contributed by atoms with Crippen LogP contribution in [0.1, 0.15) is 6.92 Å². The number of halogens is 2. The standard InChI is InChI=1S/C10H6BrClO5S/c1-2-15-9(13)17-7-4(12)3-5-8(6(7)11)18-10(14)16-5/h3H,2H2,1H3. The first-order valence-electron chi connectivity index (χ1n) is 4.79. The van der Waals surface area contributed by atoms with Crippen molar-refractivity contribution in [3.63, 3.8) is 0 Å². The molecule has 1 heterocycles. The van der Waals surface area contributed by atoms with Crippen molar-refractivity contribution in [2.75, 3.05) is 6.61 Å². The van der Waals surface area contributed by atoms with Gasteiger partial charge < -0.3 is 13.9 Å². The molecule has 8 heteroatoms. The minimum atomic E-state index is -0.865. The quantitative estimate of drug-likeness (QED) is 0.607. The Labute approximate surface area is 118 Å².